The Morgan fingerprint density at radius 1 is 1.09 bits per heavy atom. The van der Waals surface area contributed by atoms with E-state index < -0.39 is 24.0 Å². The zero-order chi connectivity index (χ0) is 24.2. The number of anilines is 1. The molecule has 1 aliphatic rings. The lowest BCUT2D eigenvalue weighted by Gasteiger charge is -2.35. The summed E-state index contributed by atoms with van der Waals surface area (Å²) in [6, 6.07) is 6.33. The monoisotopic (exact) mass is 496 g/mol. The van der Waals surface area contributed by atoms with Gasteiger partial charge in [0, 0.05) is 44.5 Å². The van der Waals surface area contributed by atoms with Crippen LogP contribution in [0.5, 0.6) is 5.75 Å². The average molecular weight is 497 g/mol. The van der Waals surface area contributed by atoms with Crippen molar-refractivity contribution in [3.63, 3.8) is 0 Å². The zero-order valence-corrected chi connectivity index (χ0v) is 17.8. The lowest BCUT2D eigenvalue weighted by molar-refractivity contribution is -0.274. The van der Waals surface area contributed by atoms with Gasteiger partial charge in [0.15, 0.2) is 0 Å². The lowest BCUT2D eigenvalue weighted by atomic mass is 10.2. The van der Waals surface area contributed by atoms with Crippen molar-refractivity contribution in [1.29, 1.82) is 0 Å². The zero-order valence-electron chi connectivity index (χ0n) is 17.0. The molecule has 13 heteroatoms. The number of para-hydroxylation sites is 1. The molecule has 0 spiro atoms. The number of hydrogen-bond donors (Lipinski definition) is 1. The fraction of sp³-hybridized carbons (Fsp3) is 0.400. The average Bonchev–Trinajstić information content (AvgIpc) is 2.72. The molecule has 1 fully saturated rings. The first-order valence-electron chi connectivity index (χ1n) is 9.73. The topological polar surface area (TPSA) is 57.7 Å². The quantitative estimate of drug-likeness (QED) is 0.611. The van der Waals surface area contributed by atoms with Gasteiger partial charge in [-0.2, -0.15) is 13.2 Å². The molecule has 1 amide bonds. The Morgan fingerprint density at radius 2 is 1.76 bits per heavy atom. The lowest BCUT2D eigenvalue weighted by Crippen LogP contribution is -2.49. The van der Waals surface area contributed by atoms with Crippen LogP contribution in [0.15, 0.2) is 36.5 Å². The minimum atomic E-state index is -4.84. The number of pyridine rings is 1. The molecular formula is C20H19ClF6N4O2. The number of piperazine rings is 1. The number of nitrogens with one attached hydrogen (secondary N) is 1. The van der Waals surface area contributed by atoms with Gasteiger partial charge in [0.2, 0.25) is 5.91 Å². The van der Waals surface area contributed by atoms with Crippen molar-refractivity contribution >= 4 is 23.3 Å². The number of hydrogen-bond acceptors (Lipinski definition) is 5. The number of rotatable bonds is 6. The molecule has 1 aromatic heterocycles. The summed E-state index contributed by atoms with van der Waals surface area (Å²) in [5.41, 5.74) is -0.759. The molecule has 0 atom stereocenters. The van der Waals surface area contributed by atoms with Crippen molar-refractivity contribution in [2.75, 3.05) is 37.6 Å². The summed E-state index contributed by atoms with van der Waals surface area (Å²) in [7, 11) is 0. The maximum absolute atomic E-state index is 12.8. The SMILES string of the molecule is O=C(CN1CCN(c2ncc(C(F)(F)F)cc2Cl)CC1)NCc1ccccc1OC(F)(F)F. The normalized spacial score (nSPS) is 15.4. The first kappa shape index (κ1) is 24.9. The summed E-state index contributed by atoms with van der Waals surface area (Å²) in [5, 5.41) is 2.45. The highest BCUT2D eigenvalue weighted by Gasteiger charge is 2.33. The fourth-order valence-electron chi connectivity index (χ4n) is 3.26. The molecule has 1 N–H and O–H groups in total. The summed E-state index contributed by atoms with van der Waals surface area (Å²) in [5.74, 6) is -0.550. The number of halogens is 7. The molecule has 2 aromatic rings. The minimum Gasteiger partial charge on any atom is -0.405 e. The van der Waals surface area contributed by atoms with Crippen LogP contribution >= 0.6 is 11.6 Å². The Hall–Kier alpha value is -2.73. The van der Waals surface area contributed by atoms with Crippen LogP contribution in [0.4, 0.5) is 32.2 Å². The number of benzene rings is 1. The van der Waals surface area contributed by atoms with Crippen LogP contribution in [0, 0.1) is 0 Å². The van der Waals surface area contributed by atoms with Crippen LogP contribution < -0.4 is 15.0 Å². The molecule has 1 saturated heterocycles. The second-order valence-corrected chi connectivity index (χ2v) is 7.63. The third-order valence-corrected chi connectivity index (χ3v) is 5.14. The largest absolute Gasteiger partial charge is 0.573 e. The molecule has 2 heterocycles. The molecule has 0 unspecified atom stereocenters. The summed E-state index contributed by atoms with van der Waals surface area (Å²) in [4.78, 5) is 19.6. The highest BCUT2D eigenvalue weighted by atomic mass is 35.5. The summed E-state index contributed by atoms with van der Waals surface area (Å²) in [6.45, 7) is 1.46. The van der Waals surface area contributed by atoms with E-state index in [9.17, 15) is 31.1 Å². The Labute approximate surface area is 190 Å². The van der Waals surface area contributed by atoms with E-state index >= 15 is 0 Å². The predicted molar refractivity (Wildman–Crippen MR) is 108 cm³/mol. The van der Waals surface area contributed by atoms with Gasteiger partial charge in [0.1, 0.15) is 11.6 Å². The third kappa shape index (κ3) is 7.13. The van der Waals surface area contributed by atoms with E-state index in [-0.39, 0.29) is 35.2 Å². The minimum absolute atomic E-state index is 0.00427. The second kappa shape index (κ2) is 10.0. The Kier molecular flexibility index (Phi) is 7.58. The van der Waals surface area contributed by atoms with Crippen molar-refractivity contribution in [1.82, 2.24) is 15.2 Å². The van der Waals surface area contributed by atoms with Gasteiger partial charge in [-0.15, -0.1) is 13.2 Å². The maximum Gasteiger partial charge on any atom is 0.573 e. The molecule has 0 aliphatic carbocycles. The van der Waals surface area contributed by atoms with Gasteiger partial charge in [0.05, 0.1) is 17.1 Å². The van der Waals surface area contributed by atoms with Gasteiger partial charge in [-0.25, -0.2) is 4.98 Å². The molecule has 33 heavy (non-hydrogen) atoms. The Morgan fingerprint density at radius 3 is 2.36 bits per heavy atom. The summed E-state index contributed by atoms with van der Waals surface area (Å²) in [6.07, 6.45) is -8.66. The van der Waals surface area contributed by atoms with Gasteiger partial charge in [-0.05, 0) is 12.1 Å². The third-order valence-electron chi connectivity index (χ3n) is 4.86. The van der Waals surface area contributed by atoms with Gasteiger partial charge in [-0.1, -0.05) is 29.8 Å². The summed E-state index contributed by atoms with van der Waals surface area (Å²) < 4.78 is 79.8. The van der Waals surface area contributed by atoms with Crippen LogP contribution in [0.1, 0.15) is 11.1 Å². The van der Waals surface area contributed by atoms with E-state index in [1.165, 1.54) is 18.2 Å². The number of aromatic nitrogens is 1. The van der Waals surface area contributed by atoms with Crippen LogP contribution in [-0.2, 0) is 17.5 Å². The number of nitrogens with zero attached hydrogens (tertiary/aromatic N) is 3. The van der Waals surface area contributed by atoms with Gasteiger partial charge < -0.3 is 15.0 Å². The second-order valence-electron chi connectivity index (χ2n) is 7.22. The molecule has 3 rings (SSSR count). The first-order valence-corrected chi connectivity index (χ1v) is 10.1. The molecule has 1 aliphatic heterocycles. The van der Waals surface area contributed by atoms with Crippen molar-refractivity contribution in [3.8, 4) is 5.75 Å². The Bertz CT molecular complexity index is 978. The molecule has 0 saturated carbocycles. The standard InChI is InChI=1S/C20H19ClF6N4O2/c21-15-9-14(19(22,23)24)11-29-18(15)31-7-5-30(6-8-31)12-17(32)28-10-13-3-1-2-4-16(13)33-20(25,26)27/h1-4,9,11H,5-8,10,12H2,(H,28,32). The van der Waals surface area contributed by atoms with Crippen LogP contribution in [-0.4, -0.2) is 54.9 Å². The number of alkyl halides is 6. The van der Waals surface area contributed by atoms with E-state index in [0.717, 1.165) is 18.3 Å². The number of carbonyl (C=O) groups excluding carboxylic acids is 1. The number of carbonyl (C=O) groups is 1. The molecular weight excluding hydrogens is 478 g/mol. The van der Waals surface area contributed by atoms with Crippen LogP contribution in [0.25, 0.3) is 0 Å². The van der Waals surface area contributed by atoms with Crippen molar-refractivity contribution in [2.45, 2.75) is 19.1 Å². The Balaban J connectivity index is 1.49. The number of ether oxygens (including phenoxy) is 1. The molecule has 0 radical (unpaired) electrons. The maximum atomic E-state index is 12.8. The predicted octanol–water partition coefficient (Wildman–Crippen LogP) is 4.09. The smallest absolute Gasteiger partial charge is 0.405 e. The van der Waals surface area contributed by atoms with E-state index in [0.29, 0.717) is 26.2 Å². The summed E-state index contributed by atoms with van der Waals surface area (Å²) >= 11 is 5.98. The highest BCUT2D eigenvalue weighted by Crippen LogP contribution is 2.33. The molecule has 0 bridgehead atoms. The van der Waals surface area contributed by atoms with Crippen LogP contribution in [0.2, 0.25) is 5.02 Å². The van der Waals surface area contributed by atoms with Crippen molar-refractivity contribution in [3.05, 3.63) is 52.7 Å². The van der Waals surface area contributed by atoms with Crippen molar-refractivity contribution < 1.29 is 35.9 Å². The highest BCUT2D eigenvalue weighted by molar-refractivity contribution is 6.33. The molecule has 1 aromatic carbocycles. The van der Waals surface area contributed by atoms with Gasteiger partial charge in [0.25, 0.3) is 0 Å². The first-order chi connectivity index (χ1) is 15.4. The van der Waals surface area contributed by atoms with Crippen molar-refractivity contribution in [2.24, 2.45) is 0 Å². The number of amides is 1. The molecule has 6 nitrogen and oxygen atoms in total. The van der Waals surface area contributed by atoms with E-state index in [1.54, 1.807) is 4.90 Å². The van der Waals surface area contributed by atoms with E-state index in [4.69, 9.17) is 11.6 Å². The van der Waals surface area contributed by atoms with Gasteiger partial charge in [-0.3, -0.25) is 9.69 Å². The molecule has 180 valence electrons. The van der Waals surface area contributed by atoms with Crippen LogP contribution in [0.3, 0.4) is 0 Å². The fourth-order valence-corrected chi connectivity index (χ4v) is 3.55. The van der Waals surface area contributed by atoms with Gasteiger partial charge >= 0.3 is 12.5 Å². The van der Waals surface area contributed by atoms with E-state index in [1.807, 2.05) is 4.90 Å². The van der Waals surface area contributed by atoms with E-state index in [2.05, 4.69) is 15.0 Å².